The lowest BCUT2D eigenvalue weighted by Gasteiger charge is -2.08. The van der Waals surface area contributed by atoms with E-state index in [9.17, 15) is 0 Å². The largest absolute Gasteiger partial charge is 0.380 e. The highest BCUT2D eigenvalue weighted by Crippen LogP contribution is 2.23. The zero-order valence-corrected chi connectivity index (χ0v) is 13.2. The molecule has 21 heavy (non-hydrogen) atoms. The molecule has 106 valence electrons. The first kappa shape index (κ1) is 14.0. The molecule has 1 aromatic carbocycles. The number of halogens is 2. The summed E-state index contributed by atoms with van der Waals surface area (Å²) >= 11 is 9.39. The number of pyridine rings is 1. The minimum atomic E-state index is 0.695. The van der Waals surface area contributed by atoms with Gasteiger partial charge < -0.3 is 5.32 Å². The summed E-state index contributed by atoms with van der Waals surface area (Å²) in [6, 6.07) is 9.68. The lowest BCUT2D eigenvalue weighted by molar-refractivity contribution is 0.845. The second-order valence-corrected chi connectivity index (χ2v) is 5.61. The molecule has 0 radical (unpaired) electrons. The van der Waals surface area contributed by atoms with Crippen LogP contribution < -0.4 is 5.32 Å². The summed E-state index contributed by atoms with van der Waals surface area (Å²) in [6.07, 6.45) is 4.86. The summed E-state index contributed by atoms with van der Waals surface area (Å²) in [5, 5.41) is 8.05. The Morgan fingerprint density at radius 2 is 2.14 bits per heavy atom. The molecule has 0 unspecified atom stereocenters. The Morgan fingerprint density at radius 3 is 2.81 bits per heavy atom. The summed E-state index contributed by atoms with van der Waals surface area (Å²) < 4.78 is 2.50. The molecule has 3 rings (SSSR count). The zero-order valence-electron chi connectivity index (χ0n) is 10.9. The van der Waals surface area contributed by atoms with Crippen LogP contribution in [0.2, 0.25) is 5.02 Å². The van der Waals surface area contributed by atoms with Gasteiger partial charge in [0.05, 0.1) is 16.9 Å². The van der Waals surface area contributed by atoms with Crippen molar-refractivity contribution in [3.63, 3.8) is 0 Å². The van der Waals surface area contributed by atoms with Crippen LogP contribution in [0.15, 0.2) is 53.7 Å². The van der Waals surface area contributed by atoms with E-state index < -0.39 is 0 Å². The minimum absolute atomic E-state index is 0.695. The number of rotatable bonds is 4. The Balaban J connectivity index is 1.66. The Labute approximate surface area is 135 Å². The average Bonchev–Trinajstić information content (AvgIpc) is 3.03. The van der Waals surface area contributed by atoms with E-state index in [1.807, 2.05) is 30.3 Å². The average molecular weight is 365 g/mol. The van der Waals surface area contributed by atoms with E-state index in [2.05, 4.69) is 36.3 Å². The molecule has 0 saturated heterocycles. The van der Waals surface area contributed by atoms with Crippen LogP contribution in [0.5, 0.6) is 0 Å². The second kappa shape index (κ2) is 6.24. The molecule has 3 aromatic rings. The molecule has 0 spiro atoms. The number of nitrogens with one attached hydrogen (secondary N) is 1. The van der Waals surface area contributed by atoms with Crippen molar-refractivity contribution in [2.45, 2.75) is 6.54 Å². The van der Waals surface area contributed by atoms with Crippen molar-refractivity contribution in [2.75, 3.05) is 5.32 Å². The molecule has 0 aliphatic carbocycles. The van der Waals surface area contributed by atoms with Crippen molar-refractivity contribution in [3.8, 4) is 5.82 Å². The number of hydrogen-bond acceptors (Lipinski definition) is 4. The van der Waals surface area contributed by atoms with Crippen LogP contribution in [0.4, 0.5) is 5.69 Å². The molecule has 1 N–H and O–H groups in total. The van der Waals surface area contributed by atoms with E-state index in [4.69, 9.17) is 11.6 Å². The van der Waals surface area contributed by atoms with Gasteiger partial charge in [-0.3, -0.25) is 0 Å². The molecule has 2 heterocycles. The van der Waals surface area contributed by atoms with Gasteiger partial charge in [0.2, 0.25) is 0 Å². The maximum Gasteiger partial charge on any atom is 0.155 e. The van der Waals surface area contributed by atoms with Crippen molar-refractivity contribution in [2.24, 2.45) is 0 Å². The van der Waals surface area contributed by atoms with E-state index in [1.54, 1.807) is 17.2 Å². The van der Waals surface area contributed by atoms with Gasteiger partial charge in [-0.15, -0.1) is 0 Å². The van der Waals surface area contributed by atoms with Crippen molar-refractivity contribution >= 4 is 33.2 Å². The van der Waals surface area contributed by atoms with Gasteiger partial charge in [-0.05, 0) is 45.8 Å². The molecule has 0 fully saturated rings. The van der Waals surface area contributed by atoms with Gasteiger partial charge in [-0.1, -0.05) is 17.7 Å². The molecule has 7 heteroatoms. The number of nitrogens with zero attached hydrogens (tertiary/aromatic N) is 4. The summed E-state index contributed by atoms with van der Waals surface area (Å²) in [5.74, 6) is 0.729. The van der Waals surface area contributed by atoms with Gasteiger partial charge in [0.15, 0.2) is 5.82 Å². The second-order valence-electron chi connectivity index (χ2n) is 4.35. The first-order valence-corrected chi connectivity index (χ1v) is 7.38. The molecule has 0 atom stereocenters. The van der Waals surface area contributed by atoms with Gasteiger partial charge in [0.25, 0.3) is 0 Å². The Kier molecular flexibility index (Phi) is 4.17. The van der Waals surface area contributed by atoms with Crippen LogP contribution >= 0.6 is 27.5 Å². The zero-order chi connectivity index (χ0) is 14.7. The fraction of sp³-hybridized carbons (Fsp3) is 0.0714. The molecule has 2 aromatic heterocycles. The van der Waals surface area contributed by atoms with Gasteiger partial charge in [-0.25, -0.2) is 14.6 Å². The maximum absolute atomic E-state index is 5.97. The monoisotopic (exact) mass is 363 g/mol. The predicted molar refractivity (Wildman–Crippen MR) is 85.6 cm³/mol. The van der Waals surface area contributed by atoms with Crippen LogP contribution in [-0.4, -0.2) is 19.7 Å². The predicted octanol–water partition coefficient (Wildman–Crippen LogP) is 3.69. The van der Waals surface area contributed by atoms with Crippen molar-refractivity contribution in [1.82, 2.24) is 19.7 Å². The SMILES string of the molecule is Clc1ccc(CNc2ccc(-n3cncn3)nc2)cc1Br. The number of hydrogen-bond donors (Lipinski definition) is 1. The van der Waals surface area contributed by atoms with Crippen molar-refractivity contribution < 1.29 is 0 Å². The van der Waals surface area contributed by atoms with Crippen molar-refractivity contribution in [1.29, 1.82) is 0 Å². The summed E-state index contributed by atoms with van der Waals surface area (Å²) in [6.45, 7) is 0.695. The van der Waals surface area contributed by atoms with Crippen LogP contribution in [0.1, 0.15) is 5.56 Å². The summed E-state index contributed by atoms with van der Waals surface area (Å²) in [7, 11) is 0. The standard InChI is InChI=1S/C14H11BrClN5/c15-12-5-10(1-3-13(12)16)6-18-11-2-4-14(19-7-11)21-9-17-8-20-21/h1-5,7-9,18H,6H2. The third kappa shape index (κ3) is 3.40. The van der Waals surface area contributed by atoms with Crippen LogP contribution in [0.25, 0.3) is 5.82 Å². The highest BCUT2D eigenvalue weighted by atomic mass is 79.9. The maximum atomic E-state index is 5.97. The first-order valence-electron chi connectivity index (χ1n) is 6.21. The molecular weight excluding hydrogens is 354 g/mol. The Morgan fingerprint density at radius 1 is 1.24 bits per heavy atom. The lowest BCUT2D eigenvalue weighted by Crippen LogP contribution is -2.02. The van der Waals surface area contributed by atoms with Gasteiger partial charge >= 0.3 is 0 Å². The van der Waals surface area contributed by atoms with E-state index in [-0.39, 0.29) is 0 Å². The topological polar surface area (TPSA) is 55.6 Å². The normalized spacial score (nSPS) is 10.6. The van der Waals surface area contributed by atoms with E-state index in [0.29, 0.717) is 11.6 Å². The van der Waals surface area contributed by atoms with Crippen molar-refractivity contribution in [3.05, 3.63) is 64.2 Å². The molecule has 0 bridgehead atoms. The number of benzene rings is 1. The van der Waals surface area contributed by atoms with Crippen LogP contribution in [0.3, 0.4) is 0 Å². The third-order valence-corrected chi connectivity index (χ3v) is 4.10. The highest BCUT2D eigenvalue weighted by Gasteiger charge is 2.01. The smallest absolute Gasteiger partial charge is 0.155 e. The third-order valence-electron chi connectivity index (χ3n) is 2.88. The summed E-state index contributed by atoms with van der Waals surface area (Å²) in [4.78, 5) is 8.23. The Bertz CT molecular complexity index is 728. The summed E-state index contributed by atoms with van der Waals surface area (Å²) in [5.41, 5.74) is 2.07. The molecule has 0 saturated carbocycles. The minimum Gasteiger partial charge on any atom is -0.380 e. The fourth-order valence-corrected chi connectivity index (χ4v) is 2.35. The van der Waals surface area contributed by atoms with E-state index >= 15 is 0 Å². The molecule has 0 amide bonds. The molecular formula is C14H11BrClN5. The molecule has 5 nitrogen and oxygen atoms in total. The van der Waals surface area contributed by atoms with E-state index in [0.717, 1.165) is 21.5 Å². The van der Waals surface area contributed by atoms with Crippen LogP contribution in [0, 0.1) is 0 Å². The van der Waals surface area contributed by atoms with E-state index in [1.165, 1.54) is 6.33 Å². The number of anilines is 1. The number of aromatic nitrogens is 4. The van der Waals surface area contributed by atoms with Gasteiger partial charge in [0, 0.05) is 11.0 Å². The Hall–Kier alpha value is -1.92. The lowest BCUT2D eigenvalue weighted by atomic mass is 10.2. The van der Waals surface area contributed by atoms with Gasteiger partial charge in [-0.2, -0.15) is 5.10 Å². The fourth-order valence-electron chi connectivity index (χ4n) is 1.81. The van der Waals surface area contributed by atoms with Gasteiger partial charge in [0.1, 0.15) is 12.7 Å². The molecule has 0 aliphatic heterocycles. The molecule has 0 aliphatic rings. The quantitative estimate of drug-likeness (QED) is 0.767. The first-order chi connectivity index (χ1) is 10.2. The highest BCUT2D eigenvalue weighted by molar-refractivity contribution is 9.10. The van der Waals surface area contributed by atoms with Crippen LogP contribution in [-0.2, 0) is 6.54 Å².